The Kier molecular flexibility index (Phi) is 3.63. The second-order valence-electron chi connectivity index (χ2n) is 4.73. The molecule has 6 nitrogen and oxygen atoms in total. The van der Waals surface area contributed by atoms with Gasteiger partial charge in [0, 0.05) is 25.8 Å². The highest BCUT2D eigenvalue weighted by atomic mass is 32.2. The third kappa shape index (κ3) is 2.24. The van der Waals surface area contributed by atoms with Crippen molar-refractivity contribution in [1.29, 1.82) is 0 Å². The molecule has 0 amide bonds. The van der Waals surface area contributed by atoms with Crippen LogP contribution in [0.4, 0.5) is 5.82 Å². The number of aromatic nitrogens is 2. The smallest absolute Gasteiger partial charge is 0.248 e. The molecule has 1 saturated heterocycles. The average molecular weight is 272 g/mol. The van der Waals surface area contributed by atoms with E-state index in [0.29, 0.717) is 6.54 Å². The number of nitrogens with two attached hydrogens (primary N) is 1. The van der Waals surface area contributed by atoms with Crippen molar-refractivity contribution in [3.8, 4) is 0 Å². The van der Waals surface area contributed by atoms with Gasteiger partial charge in [-0.05, 0) is 19.3 Å². The first-order valence-electron chi connectivity index (χ1n) is 6.27. The van der Waals surface area contributed by atoms with E-state index in [2.05, 4.69) is 5.10 Å². The lowest BCUT2D eigenvalue weighted by molar-refractivity contribution is 0.246. The summed E-state index contributed by atoms with van der Waals surface area (Å²) in [5.41, 5.74) is 5.68. The zero-order chi connectivity index (χ0) is 13.3. The van der Waals surface area contributed by atoms with Gasteiger partial charge >= 0.3 is 0 Å². The lowest BCUT2D eigenvalue weighted by Crippen LogP contribution is -2.43. The fraction of sp³-hybridized carbons (Fsp3) is 0.727. The van der Waals surface area contributed by atoms with Crippen molar-refractivity contribution in [2.24, 2.45) is 7.05 Å². The van der Waals surface area contributed by atoms with Gasteiger partial charge in [0.15, 0.2) is 5.82 Å². The topological polar surface area (TPSA) is 81.2 Å². The third-order valence-electron chi connectivity index (χ3n) is 3.45. The minimum absolute atomic E-state index is 0.0814. The maximum absolute atomic E-state index is 12.6. The second kappa shape index (κ2) is 4.89. The van der Waals surface area contributed by atoms with Crippen molar-refractivity contribution in [2.75, 3.05) is 12.3 Å². The zero-order valence-corrected chi connectivity index (χ0v) is 11.7. The molecule has 7 heteroatoms. The van der Waals surface area contributed by atoms with Crippen LogP contribution in [0, 0.1) is 0 Å². The molecule has 0 saturated carbocycles. The van der Waals surface area contributed by atoms with Crippen molar-refractivity contribution < 1.29 is 8.42 Å². The summed E-state index contributed by atoms with van der Waals surface area (Å²) in [5.74, 6) is 0.0814. The molecule has 1 atom stereocenters. The molecular formula is C11H20N4O2S. The minimum atomic E-state index is -3.51. The Bertz CT molecular complexity index is 523. The molecule has 0 bridgehead atoms. The number of nitrogen functional groups attached to an aromatic ring is 1. The number of nitrogens with zero attached hydrogens (tertiary/aromatic N) is 3. The Morgan fingerprint density at radius 2 is 2.22 bits per heavy atom. The third-order valence-corrected chi connectivity index (χ3v) is 5.42. The second-order valence-corrected chi connectivity index (χ2v) is 6.58. The highest BCUT2D eigenvalue weighted by Crippen LogP contribution is 2.28. The van der Waals surface area contributed by atoms with Gasteiger partial charge in [0.05, 0.1) is 0 Å². The Balaban J connectivity index is 2.38. The fourth-order valence-electron chi connectivity index (χ4n) is 2.51. The number of sulfonamides is 1. The normalized spacial score (nSPS) is 22.2. The predicted molar refractivity (Wildman–Crippen MR) is 69.4 cm³/mol. The van der Waals surface area contributed by atoms with Gasteiger partial charge in [-0.25, -0.2) is 8.42 Å². The average Bonchev–Trinajstić information content (AvgIpc) is 2.69. The van der Waals surface area contributed by atoms with Gasteiger partial charge in [0.1, 0.15) is 4.90 Å². The van der Waals surface area contributed by atoms with Crippen molar-refractivity contribution >= 4 is 15.8 Å². The van der Waals surface area contributed by atoms with E-state index in [4.69, 9.17) is 5.73 Å². The van der Waals surface area contributed by atoms with Crippen LogP contribution in [-0.2, 0) is 17.1 Å². The molecule has 1 fully saturated rings. The standard InChI is InChI=1S/C11H20N4O2S/c1-3-9-6-4-5-7-15(9)18(16,17)10-8-14(2)13-11(10)12/h8-9H,3-7H2,1-2H3,(H2,12,13). The maximum atomic E-state index is 12.6. The molecule has 1 aromatic rings. The molecule has 2 heterocycles. The number of anilines is 1. The number of piperidine rings is 1. The molecule has 2 rings (SSSR count). The largest absolute Gasteiger partial charge is 0.381 e. The molecule has 0 aliphatic carbocycles. The molecular weight excluding hydrogens is 252 g/mol. The summed E-state index contributed by atoms with van der Waals surface area (Å²) in [6.45, 7) is 2.60. The fourth-order valence-corrected chi connectivity index (χ4v) is 4.37. The van der Waals surface area contributed by atoms with E-state index in [1.165, 1.54) is 10.9 Å². The van der Waals surface area contributed by atoms with Crippen molar-refractivity contribution in [3.63, 3.8) is 0 Å². The van der Waals surface area contributed by atoms with Crippen molar-refractivity contribution in [1.82, 2.24) is 14.1 Å². The molecule has 1 unspecified atom stereocenters. The Morgan fingerprint density at radius 3 is 2.78 bits per heavy atom. The molecule has 0 radical (unpaired) electrons. The van der Waals surface area contributed by atoms with Gasteiger partial charge in [0.25, 0.3) is 0 Å². The van der Waals surface area contributed by atoms with E-state index in [9.17, 15) is 8.42 Å². The maximum Gasteiger partial charge on any atom is 0.248 e. The predicted octanol–water partition coefficient (Wildman–Crippen LogP) is 0.956. The van der Waals surface area contributed by atoms with E-state index in [1.54, 1.807) is 11.4 Å². The Labute approximate surface area is 108 Å². The summed E-state index contributed by atoms with van der Waals surface area (Å²) in [7, 11) is -1.84. The van der Waals surface area contributed by atoms with Crippen molar-refractivity contribution in [2.45, 2.75) is 43.5 Å². The lowest BCUT2D eigenvalue weighted by atomic mass is 10.0. The van der Waals surface area contributed by atoms with Gasteiger partial charge in [-0.15, -0.1) is 0 Å². The van der Waals surface area contributed by atoms with E-state index in [-0.39, 0.29) is 16.8 Å². The molecule has 1 aromatic heterocycles. The van der Waals surface area contributed by atoms with Crippen LogP contribution in [0.1, 0.15) is 32.6 Å². The quantitative estimate of drug-likeness (QED) is 0.888. The van der Waals surface area contributed by atoms with E-state index in [0.717, 1.165) is 25.7 Å². The van der Waals surface area contributed by atoms with Crippen LogP contribution in [-0.4, -0.2) is 35.1 Å². The van der Waals surface area contributed by atoms with Crippen LogP contribution in [0.2, 0.25) is 0 Å². The van der Waals surface area contributed by atoms with E-state index >= 15 is 0 Å². The summed E-state index contributed by atoms with van der Waals surface area (Å²) in [6, 6.07) is 0.0864. The monoisotopic (exact) mass is 272 g/mol. The summed E-state index contributed by atoms with van der Waals surface area (Å²) in [5, 5.41) is 3.91. The van der Waals surface area contributed by atoms with Gasteiger partial charge in [-0.3, -0.25) is 4.68 Å². The van der Waals surface area contributed by atoms with Crippen LogP contribution in [0.15, 0.2) is 11.1 Å². The van der Waals surface area contributed by atoms with Gasteiger partial charge in [-0.1, -0.05) is 13.3 Å². The number of hydrogen-bond donors (Lipinski definition) is 1. The first-order valence-corrected chi connectivity index (χ1v) is 7.71. The summed E-state index contributed by atoms with van der Waals surface area (Å²) in [6.07, 6.45) is 5.24. The van der Waals surface area contributed by atoms with Crippen LogP contribution < -0.4 is 5.73 Å². The molecule has 0 aromatic carbocycles. The number of aryl methyl sites for hydroxylation is 1. The van der Waals surface area contributed by atoms with Gasteiger partial charge < -0.3 is 5.73 Å². The summed E-state index contributed by atoms with van der Waals surface area (Å²) < 4.78 is 28.2. The molecule has 1 aliphatic rings. The Morgan fingerprint density at radius 1 is 1.50 bits per heavy atom. The first kappa shape index (κ1) is 13.4. The molecule has 2 N–H and O–H groups in total. The molecule has 102 valence electrons. The van der Waals surface area contributed by atoms with Crippen LogP contribution in [0.3, 0.4) is 0 Å². The molecule has 18 heavy (non-hydrogen) atoms. The number of hydrogen-bond acceptors (Lipinski definition) is 4. The van der Waals surface area contributed by atoms with Crippen LogP contribution in [0.5, 0.6) is 0 Å². The van der Waals surface area contributed by atoms with Crippen LogP contribution in [0.25, 0.3) is 0 Å². The van der Waals surface area contributed by atoms with E-state index < -0.39 is 10.0 Å². The van der Waals surface area contributed by atoms with Crippen LogP contribution >= 0.6 is 0 Å². The molecule has 1 aliphatic heterocycles. The van der Waals surface area contributed by atoms with E-state index in [1.807, 2.05) is 6.92 Å². The zero-order valence-electron chi connectivity index (χ0n) is 10.8. The first-order chi connectivity index (χ1) is 8.46. The summed E-state index contributed by atoms with van der Waals surface area (Å²) in [4.78, 5) is 0.130. The Hall–Kier alpha value is -1.08. The van der Waals surface area contributed by atoms with Gasteiger partial charge in [-0.2, -0.15) is 9.40 Å². The SMILES string of the molecule is CCC1CCCCN1S(=O)(=O)c1cn(C)nc1N. The van der Waals surface area contributed by atoms with Crippen molar-refractivity contribution in [3.05, 3.63) is 6.20 Å². The van der Waals surface area contributed by atoms with Gasteiger partial charge in [0.2, 0.25) is 10.0 Å². The highest BCUT2D eigenvalue weighted by molar-refractivity contribution is 7.89. The molecule has 0 spiro atoms. The highest BCUT2D eigenvalue weighted by Gasteiger charge is 2.34. The lowest BCUT2D eigenvalue weighted by Gasteiger charge is -2.33. The summed E-state index contributed by atoms with van der Waals surface area (Å²) >= 11 is 0. The minimum Gasteiger partial charge on any atom is -0.381 e. The number of rotatable bonds is 3.